The fourth-order valence-corrected chi connectivity index (χ4v) is 3.41. The molecule has 2 heterocycles. The van der Waals surface area contributed by atoms with Crippen LogP contribution in [0.4, 0.5) is 19.0 Å². The van der Waals surface area contributed by atoms with E-state index in [2.05, 4.69) is 20.6 Å². The van der Waals surface area contributed by atoms with Gasteiger partial charge < -0.3 is 10.1 Å². The van der Waals surface area contributed by atoms with Gasteiger partial charge in [-0.3, -0.25) is 14.7 Å². The number of nitrogens with zero attached hydrogens (tertiary/aromatic N) is 3. The molecular formula is C23H18F3N5O3. The van der Waals surface area contributed by atoms with Gasteiger partial charge in [-0.1, -0.05) is 24.3 Å². The molecule has 0 aliphatic rings. The monoisotopic (exact) mass is 469 g/mol. The van der Waals surface area contributed by atoms with E-state index in [1.165, 1.54) is 38.3 Å². The molecule has 4 rings (SSSR count). The second kappa shape index (κ2) is 8.85. The van der Waals surface area contributed by atoms with Crippen molar-refractivity contribution in [2.75, 3.05) is 12.4 Å². The van der Waals surface area contributed by atoms with Gasteiger partial charge in [-0.25, -0.2) is 4.68 Å². The third-order valence-electron chi connectivity index (χ3n) is 4.98. The van der Waals surface area contributed by atoms with Crippen LogP contribution in [0.15, 0.2) is 65.5 Å². The normalized spacial score (nSPS) is 11.3. The molecule has 8 nitrogen and oxygen atoms in total. The lowest BCUT2D eigenvalue weighted by Crippen LogP contribution is -2.27. The minimum absolute atomic E-state index is 0.0925. The predicted molar refractivity (Wildman–Crippen MR) is 118 cm³/mol. The zero-order valence-corrected chi connectivity index (χ0v) is 18.0. The number of nitrogens with one attached hydrogen (secondary N) is 2. The quantitative estimate of drug-likeness (QED) is 0.456. The molecular weight excluding hydrogens is 451 g/mol. The van der Waals surface area contributed by atoms with Crippen molar-refractivity contribution in [3.63, 3.8) is 0 Å². The third-order valence-corrected chi connectivity index (χ3v) is 4.98. The Labute approximate surface area is 191 Å². The van der Waals surface area contributed by atoms with Crippen LogP contribution in [0, 0.1) is 6.92 Å². The molecule has 0 saturated carbocycles. The molecule has 1 amide bonds. The summed E-state index contributed by atoms with van der Waals surface area (Å²) in [5.41, 5.74) is -1.20. The van der Waals surface area contributed by atoms with Crippen molar-refractivity contribution in [1.29, 1.82) is 0 Å². The van der Waals surface area contributed by atoms with Crippen LogP contribution in [-0.2, 0) is 6.18 Å². The maximum Gasteiger partial charge on any atom is 0.418 e. The summed E-state index contributed by atoms with van der Waals surface area (Å²) in [6.07, 6.45) is -4.65. The van der Waals surface area contributed by atoms with Crippen molar-refractivity contribution in [3.05, 3.63) is 87.8 Å². The average molecular weight is 469 g/mol. The van der Waals surface area contributed by atoms with Crippen LogP contribution in [0.1, 0.15) is 21.7 Å². The zero-order chi connectivity index (χ0) is 24.5. The first-order valence-corrected chi connectivity index (χ1v) is 9.97. The topological polar surface area (TPSA) is 102 Å². The van der Waals surface area contributed by atoms with E-state index in [1.54, 1.807) is 24.3 Å². The molecule has 0 saturated heterocycles. The van der Waals surface area contributed by atoms with Crippen LogP contribution >= 0.6 is 0 Å². The van der Waals surface area contributed by atoms with Crippen LogP contribution in [0.25, 0.3) is 16.9 Å². The summed E-state index contributed by atoms with van der Waals surface area (Å²) in [7, 11) is 1.52. The number of aromatic amines is 1. The molecule has 0 bridgehead atoms. The van der Waals surface area contributed by atoms with Crippen molar-refractivity contribution in [2.24, 2.45) is 0 Å². The average Bonchev–Trinajstić information content (AvgIpc) is 3.26. The molecule has 0 radical (unpaired) electrons. The van der Waals surface area contributed by atoms with E-state index in [-0.39, 0.29) is 17.2 Å². The number of H-pyrrole nitrogens is 1. The van der Waals surface area contributed by atoms with Gasteiger partial charge in [-0.05, 0) is 31.2 Å². The van der Waals surface area contributed by atoms with E-state index in [4.69, 9.17) is 4.74 Å². The number of halogens is 3. The zero-order valence-electron chi connectivity index (χ0n) is 18.0. The molecule has 174 valence electrons. The van der Waals surface area contributed by atoms with Gasteiger partial charge in [0.1, 0.15) is 5.75 Å². The number of para-hydroxylation sites is 2. The second-order valence-corrected chi connectivity index (χ2v) is 7.25. The summed E-state index contributed by atoms with van der Waals surface area (Å²) >= 11 is 0. The Kier molecular flexibility index (Phi) is 5.93. The van der Waals surface area contributed by atoms with E-state index in [0.29, 0.717) is 17.0 Å². The van der Waals surface area contributed by atoms with Crippen LogP contribution in [-0.4, -0.2) is 33.0 Å². The Hall–Kier alpha value is -4.41. The number of aryl methyl sites for hydroxylation is 1. The molecule has 0 fully saturated rings. The van der Waals surface area contributed by atoms with Gasteiger partial charge in [-0.15, -0.1) is 0 Å². The first kappa shape index (κ1) is 22.8. The van der Waals surface area contributed by atoms with Crippen LogP contribution in [0.3, 0.4) is 0 Å². The fourth-order valence-electron chi connectivity index (χ4n) is 3.41. The fraction of sp³-hybridized carbons (Fsp3) is 0.130. The summed E-state index contributed by atoms with van der Waals surface area (Å²) in [6, 6.07) is 14.5. The summed E-state index contributed by atoms with van der Waals surface area (Å²) in [5, 5.41) is 13.2. The largest absolute Gasteiger partial charge is 0.496 e. The van der Waals surface area contributed by atoms with E-state index in [9.17, 15) is 22.8 Å². The first-order chi connectivity index (χ1) is 16.2. The van der Waals surface area contributed by atoms with Gasteiger partial charge in [0.2, 0.25) is 5.43 Å². The molecule has 2 aromatic carbocycles. The maximum atomic E-state index is 13.5. The number of ether oxygens (including phenoxy) is 1. The van der Waals surface area contributed by atoms with Crippen LogP contribution in [0.2, 0.25) is 0 Å². The lowest BCUT2D eigenvalue weighted by molar-refractivity contribution is -0.137. The third kappa shape index (κ3) is 4.40. The summed E-state index contributed by atoms with van der Waals surface area (Å²) in [5.74, 6) is -0.244. The van der Waals surface area contributed by atoms with Gasteiger partial charge in [0, 0.05) is 23.4 Å². The minimum Gasteiger partial charge on any atom is -0.496 e. The number of carbonyl (C=O) groups excluding carboxylic acids is 1. The number of benzene rings is 2. The Morgan fingerprint density at radius 2 is 1.79 bits per heavy atom. The number of aromatic nitrogens is 4. The Balaban J connectivity index is 1.68. The lowest BCUT2D eigenvalue weighted by Gasteiger charge is -2.16. The van der Waals surface area contributed by atoms with Gasteiger partial charge in [0.25, 0.3) is 5.91 Å². The summed E-state index contributed by atoms with van der Waals surface area (Å²) in [6.45, 7) is 1.43. The molecule has 4 aromatic rings. The summed E-state index contributed by atoms with van der Waals surface area (Å²) in [4.78, 5) is 25.2. The van der Waals surface area contributed by atoms with E-state index in [0.717, 1.165) is 16.8 Å². The van der Waals surface area contributed by atoms with E-state index in [1.807, 2.05) is 0 Å². The molecule has 0 aliphatic heterocycles. The van der Waals surface area contributed by atoms with Crippen molar-refractivity contribution in [2.45, 2.75) is 13.1 Å². The molecule has 0 unspecified atom stereocenters. The molecule has 0 aliphatic carbocycles. The number of hydrogen-bond donors (Lipinski definition) is 2. The smallest absolute Gasteiger partial charge is 0.418 e. The van der Waals surface area contributed by atoms with Crippen LogP contribution < -0.4 is 15.5 Å². The van der Waals surface area contributed by atoms with Gasteiger partial charge >= 0.3 is 6.18 Å². The van der Waals surface area contributed by atoms with Crippen molar-refractivity contribution < 1.29 is 22.7 Å². The highest BCUT2D eigenvalue weighted by atomic mass is 19.4. The number of alkyl halides is 3. The number of anilines is 1. The highest BCUT2D eigenvalue weighted by Gasteiger charge is 2.34. The lowest BCUT2D eigenvalue weighted by atomic mass is 10.1. The molecule has 34 heavy (non-hydrogen) atoms. The molecule has 2 aromatic heterocycles. The summed E-state index contributed by atoms with van der Waals surface area (Å²) < 4.78 is 46.7. The molecule has 0 spiro atoms. The Bertz CT molecular complexity index is 1430. The van der Waals surface area contributed by atoms with E-state index < -0.39 is 28.8 Å². The van der Waals surface area contributed by atoms with Crippen molar-refractivity contribution in [3.8, 4) is 22.7 Å². The molecule has 11 heteroatoms. The van der Waals surface area contributed by atoms with Crippen molar-refractivity contribution in [1.82, 2.24) is 20.0 Å². The number of rotatable bonds is 5. The number of methoxy groups -OCH3 is 1. The molecule has 2 N–H and O–H groups in total. The van der Waals surface area contributed by atoms with Crippen LogP contribution in [0.5, 0.6) is 5.75 Å². The second-order valence-electron chi connectivity index (χ2n) is 7.25. The Morgan fingerprint density at radius 3 is 2.53 bits per heavy atom. The van der Waals surface area contributed by atoms with Gasteiger partial charge in [0.05, 0.1) is 24.1 Å². The number of amides is 1. The standard InChI is InChI=1S/C23H18F3N5O3/c1-13-11-18(32)21(30-31(13)17-9-5-4-8-15(17)23(24,25)26)22(33)27-20-12-16(28-29-20)14-7-3-6-10-19(14)34-2/h3-12H,1-2H3,(H2,27,28,29,33). The highest BCUT2D eigenvalue weighted by Crippen LogP contribution is 2.33. The van der Waals surface area contributed by atoms with Crippen molar-refractivity contribution >= 4 is 11.7 Å². The van der Waals surface area contributed by atoms with E-state index >= 15 is 0 Å². The predicted octanol–water partition coefficient (Wildman–Crippen LogP) is 4.21. The number of carbonyl (C=O) groups is 1. The minimum atomic E-state index is -4.65. The van der Waals surface area contributed by atoms with Gasteiger partial charge in [-0.2, -0.15) is 23.4 Å². The number of hydrogen-bond acceptors (Lipinski definition) is 5. The Morgan fingerprint density at radius 1 is 1.09 bits per heavy atom. The molecule has 0 atom stereocenters. The first-order valence-electron chi connectivity index (χ1n) is 9.97. The highest BCUT2D eigenvalue weighted by molar-refractivity contribution is 6.02. The van der Waals surface area contributed by atoms with Gasteiger partial charge in [0.15, 0.2) is 11.5 Å². The maximum absolute atomic E-state index is 13.5. The SMILES string of the molecule is COc1ccccc1-c1cc(NC(=O)c2nn(-c3ccccc3C(F)(F)F)c(C)cc2=O)n[nH]1.